The Labute approximate surface area is 178 Å². The van der Waals surface area contributed by atoms with E-state index in [4.69, 9.17) is 16.3 Å². The van der Waals surface area contributed by atoms with E-state index in [9.17, 15) is 9.59 Å². The largest absolute Gasteiger partial charge is 0.484 e. The van der Waals surface area contributed by atoms with E-state index >= 15 is 0 Å². The van der Waals surface area contributed by atoms with Crippen LogP contribution in [-0.2, 0) is 16.1 Å². The van der Waals surface area contributed by atoms with Gasteiger partial charge < -0.3 is 15.0 Å². The molecule has 29 heavy (non-hydrogen) atoms. The lowest BCUT2D eigenvalue weighted by Crippen LogP contribution is -2.50. The van der Waals surface area contributed by atoms with Crippen molar-refractivity contribution in [1.29, 1.82) is 0 Å². The molecule has 2 amide bonds. The summed E-state index contributed by atoms with van der Waals surface area (Å²) in [6.07, 6.45) is 1.35. The van der Waals surface area contributed by atoms with Gasteiger partial charge in [0.15, 0.2) is 6.61 Å². The van der Waals surface area contributed by atoms with Crippen LogP contribution in [0.3, 0.4) is 0 Å². The standard InChI is InChI=1S/C23H29ClN2O3/c1-4-13-25-23(28)21(5-2)26(15-18-9-11-19(24)12-10-18)22(27)16-29-20-8-6-7-17(3)14-20/h6-12,14,21H,4-5,13,15-16H2,1-3H3,(H,25,28). The molecular weight excluding hydrogens is 388 g/mol. The Bertz CT molecular complexity index is 808. The molecule has 0 aliphatic carbocycles. The summed E-state index contributed by atoms with van der Waals surface area (Å²) in [4.78, 5) is 27.3. The molecule has 0 bridgehead atoms. The summed E-state index contributed by atoms with van der Waals surface area (Å²) in [5.41, 5.74) is 1.96. The van der Waals surface area contributed by atoms with Gasteiger partial charge >= 0.3 is 0 Å². The van der Waals surface area contributed by atoms with E-state index in [1.807, 2.05) is 57.2 Å². The Hall–Kier alpha value is -2.53. The maximum Gasteiger partial charge on any atom is 0.261 e. The Morgan fingerprint density at radius 2 is 1.86 bits per heavy atom. The molecule has 1 N–H and O–H groups in total. The molecule has 0 spiro atoms. The molecule has 0 fully saturated rings. The fourth-order valence-corrected chi connectivity index (χ4v) is 3.13. The number of hydrogen-bond acceptors (Lipinski definition) is 3. The maximum atomic E-state index is 13.0. The minimum Gasteiger partial charge on any atom is -0.484 e. The maximum absolute atomic E-state index is 13.0. The first-order valence-electron chi connectivity index (χ1n) is 9.95. The summed E-state index contributed by atoms with van der Waals surface area (Å²) in [7, 11) is 0. The first-order chi connectivity index (χ1) is 13.9. The molecule has 2 aromatic rings. The number of benzene rings is 2. The summed E-state index contributed by atoms with van der Waals surface area (Å²) in [5, 5.41) is 3.53. The molecule has 0 aromatic heterocycles. The summed E-state index contributed by atoms with van der Waals surface area (Å²) >= 11 is 5.97. The number of carbonyl (C=O) groups is 2. The molecule has 156 valence electrons. The van der Waals surface area contributed by atoms with Gasteiger partial charge in [-0.25, -0.2) is 0 Å². The minimum atomic E-state index is -0.564. The lowest BCUT2D eigenvalue weighted by Gasteiger charge is -2.30. The molecule has 0 aliphatic rings. The third-order valence-corrected chi connectivity index (χ3v) is 4.81. The number of carbonyl (C=O) groups excluding carboxylic acids is 2. The number of rotatable bonds is 10. The monoisotopic (exact) mass is 416 g/mol. The number of halogens is 1. The molecule has 2 rings (SSSR count). The molecule has 0 radical (unpaired) electrons. The highest BCUT2D eigenvalue weighted by Gasteiger charge is 2.28. The van der Waals surface area contributed by atoms with Gasteiger partial charge in [-0.3, -0.25) is 9.59 Å². The smallest absolute Gasteiger partial charge is 0.261 e. The number of amides is 2. The molecule has 0 aliphatic heterocycles. The number of aryl methyl sites for hydroxylation is 1. The Balaban J connectivity index is 2.17. The van der Waals surface area contributed by atoms with Crippen molar-refractivity contribution in [2.24, 2.45) is 0 Å². The number of hydrogen-bond donors (Lipinski definition) is 1. The van der Waals surface area contributed by atoms with E-state index in [-0.39, 0.29) is 18.4 Å². The number of ether oxygens (including phenoxy) is 1. The second-order valence-electron chi connectivity index (χ2n) is 6.97. The van der Waals surface area contributed by atoms with Crippen molar-refractivity contribution in [3.8, 4) is 5.75 Å². The van der Waals surface area contributed by atoms with Gasteiger partial charge in [-0.05, 0) is 55.2 Å². The van der Waals surface area contributed by atoms with Gasteiger partial charge in [0, 0.05) is 18.1 Å². The molecule has 2 aromatic carbocycles. The summed E-state index contributed by atoms with van der Waals surface area (Å²) < 4.78 is 5.70. The third-order valence-electron chi connectivity index (χ3n) is 4.55. The molecule has 6 heteroatoms. The predicted octanol–water partition coefficient (Wildman–Crippen LogP) is 4.36. The highest BCUT2D eigenvalue weighted by molar-refractivity contribution is 6.30. The van der Waals surface area contributed by atoms with Crippen LogP contribution in [0.15, 0.2) is 48.5 Å². The number of nitrogens with zero attached hydrogens (tertiary/aromatic N) is 1. The van der Waals surface area contributed by atoms with E-state index in [2.05, 4.69) is 5.32 Å². The first kappa shape index (κ1) is 22.8. The van der Waals surface area contributed by atoms with E-state index in [1.54, 1.807) is 17.0 Å². The van der Waals surface area contributed by atoms with Crippen molar-refractivity contribution in [3.05, 3.63) is 64.7 Å². The second-order valence-corrected chi connectivity index (χ2v) is 7.40. The van der Waals surface area contributed by atoms with Gasteiger partial charge in [0.25, 0.3) is 5.91 Å². The molecule has 1 atom stereocenters. The zero-order valence-electron chi connectivity index (χ0n) is 17.3. The van der Waals surface area contributed by atoms with Crippen molar-refractivity contribution in [2.75, 3.05) is 13.2 Å². The van der Waals surface area contributed by atoms with Gasteiger partial charge in [-0.15, -0.1) is 0 Å². The Morgan fingerprint density at radius 3 is 2.48 bits per heavy atom. The third kappa shape index (κ3) is 7.09. The Morgan fingerprint density at radius 1 is 1.14 bits per heavy atom. The van der Waals surface area contributed by atoms with Crippen molar-refractivity contribution in [3.63, 3.8) is 0 Å². The first-order valence-corrected chi connectivity index (χ1v) is 10.3. The van der Waals surface area contributed by atoms with Crippen molar-refractivity contribution in [2.45, 2.75) is 46.2 Å². The lowest BCUT2D eigenvalue weighted by atomic mass is 10.1. The SMILES string of the molecule is CCCNC(=O)C(CC)N(Cc1ccc(Cl)cc1)C(=O)COc1cccc(C)c1. The zero-order chi connectivity index (χ0) is 21.2. The number of nitrogens with one attached hydrogen (secondary N) is 1. The molecule has 0 saturated heterocycles. The van der Waals surface area contributed by atoms with Gasteiger partial charge in [-0.1, -0.05) is 49.7 Å². The molecule has 1 unspecified atom stereocenters. The minimum absolute atomic E-state index is 0.130. The second kappa shape index (κ2) is 11.5. The van der Waals surface area contributed by atoms with Crippen LogP contribution in [-0.4, -0.2) is 35.9 Å². The van der Waals surface area contributed by atoms with Crippen LogP contribution in [0.25, 0.3) is 0 Å². The highest BCUT2D eigenvalue weighted by atomic mass is 35.5. The van der Waals surface area contributed by atoms with E-state index < -0.39 is 6.04 Å². The van der Waals surface area contributed by atoms with Crippen LogP contribution in [0.4, 0.5) is 0 Å². The lowest BCUT2D eigenvalue weighted by molar-refractivity contribution is -0.143. The average Bonchev–Trinajstić information content (AvgIpc) is 2.71. The van der Waals surface area contributed by atoms with E-state index in [1.165, 1.54) is 0 Å². The summed E-state index contributed by atoms with van der Waals surface area (Å²) in [6.45, 7) is 6.62. The van der Waals surface area contributed by atoms with E-state index in [0.717, 1.165) is 17.5 Å². The summed E-state index contributed by atoms with van der Waals surface area (Å²) in [5.74, 6) is 0.250. The highest BCUT2D eigenvalue weighted by Crippen LogP contribution is 2.17. The van der Waals surface area contributed by atoms with Gasteiger partial charge in [0.2, 0.25) is 5.91 Å². The van der Waals surface area contributed by atoms with Gasteiger partial charge in [0.05, 0.1) is 0 Å². The van der Waals surface area contributed by atoms with Crippen molar-refractivity contribution >= 4 is 23.4 Å². The van der Waals surface area contributed by atoms with Gasteiger partial charge in [0.1, 0.15) is 11.8 Å². The fraction of sp³-hybridized carbons (Fsp3) is 0.391. The normalized spacial score (nSPS) is 11.6. The van der Waals surface area contributed by atoms with Crippen LogP contribution in [0.2, 0.25) is 5.02 Å². The van der Waals surface area contributed by atoms with E-state index in [0.29, 0.717) is 30.3 Å². The van der Waals surface area contributed by atoms with Crippen molar-refractivity contribution < 1.29 is 14.3 Å². The molecule has 0 saturated carbocycles. The van der Waals surface area contributed by atoms with Crippen LogP contribution in [0.1, 0.15) is 37.8 Å². The quantitative estimate of drug-likeness (QED) is 0.626. The van der Waals surface area contributed by atoms with Crippen LogP contribution in [0.5, 0.6) is 5.75 Å². The summed E-state index contributed by atoms with van der Waals surface area (Å²) in [6, 6.07) is 14.3. The fourth-order valence-electron chi connectivity index (χ4n) is 3.01. The van der Waals surface area contributed by atoms with Crippen LogP contribution in [0, 0.1) is 6.92 Å². The predicted molar refractivity (Wildman–Crippen MR) is 116 cm³/mol. The average molecular weight is 417 g/mol. The molecular formula is C23H29ClN2O3. The van der Waals surface area contributed by atoms with Crippen LogP contribution >= 0.6 is 11.6 Å². The van der Waals surface area contributed by atoms with Crippen LogP contribution < -0.4 is 10.1 Å². The zero-order valence-corrected chi connectivity index (χ0v) is 18.0. The van der Waals surface area contributed by atoms with Gasteiger partial charge in [-0.2, -0.15) is 0 Å². The van der Waals surface area contributed by atoms with Crippen molar-refractivity contribution in [1.82, 2.24) is 10.2 Å². The molecule has 0 heterocycles. The molecule has 5 nitrogen and oxygen atoms in total. The Kier molecular flexibility index (Phi) is 9.00. The topological polar surface area (TPSA) is 58.6 Å².